The minimum absolute atomic E-state index is 0.0965. The standard InChI is InChI=1S/C17H25N3O4S/c1-3-20(13-14(2)12-18)25(23,24)19-16(9-10-17(21)22)11-15-7-5-4-6-8-15/h4-8,14,16,19H,3,9-11,13H2,1-2H3,(H,21,22). The zero-order valence-electron chi connectivity index (χ0n) is 14.6. The summed E-state index contributed by atoms with van der Waals surface area (Å²) in [5.74, 6) is -1.40. The number of hydrogen-bond acceptors (Lipinski definition) is 4. The Morgan fingerprint density at radius 3 is 2.52 bits per heavy atom. The highest BCUT2D eigenvalue weighted by atomic mass is 32.2. The summed E-state index contributed by atoms with van der Waals surface area (Å²) < 4.78 is 29.0. The molecule has 0 aliphatic carbocycles. The second kappa shape index (κ2) is 10.1. The van der Waals surface area contributed by atoms with E-state index in [2.05, 4.69) is 4.72 Å². The highest BCUT2D eigenvalue weighted by Gasteiger charge is 2.26. The van der Waals surface area contributed by atoms with Crippen LogP contribution < -0.4 is 4.72 Å². The van der Waals surface area contributed by atoms with Crippen molar-refractivity contribution >= 4 is 16.2 Å². The van der Waals surface area contributed by atoms with Crippen LogP contribution in [0.15, 0.2) is 30.3 Å². The van der Waals surface area contributed by atoms with Gasteiger partial charge >= 0.3 is 5.97 Å². The Morgan fingerprint density at radius 1 is 1.36 bits per heavy atom. The lowest BCUT2D eigenvalue weighted by atomic mass is 10.0. The summed E-state index contributed by atoms with van der Waals surface area (Å²) >= 11 is 0. The molecule has 0 heterocycles. The number of aliphatic carboxylic acids is 1. The lowest BCUT2D eigenvalue weighted by molar-refractivity contribution is -0.137. The number of benzene rings is 1. The summed E-state index contributed by atoms with van der Waals surface area (Å²) in [5.41, 5.74) is 0.925. The maximum absolute atomic E-state index is 12.6. The zero-order chi connectivity index (χ0) is 18.9. The molecule has 0 aromatic heterocycles. The molecule has 2 N–H and O–H groups in total. The molecule has 0 aliphatic rings. The molecule has 0 saturated carbocycles. The van der Waals surface area contributed by atoms with Crippen LogP contribution in [0.2, 0.25) is 0 Å². The number of hydrogen-bond donors (Lipinski definition) is 2. The van der Waals surface area contributed by atoms with E-state index in [9.17, 15) is 13.2 Å². The molecule has 1 rings (SSSR count). The van der Waals surface area contributed by atoms with Crippen LogP contribution >= 0.6 is 0 Å². The van der Waals surface area contributed by atoms with Gasteiger partial charge in [-0.25, -0.2) is 0 Å². The molecule has 25 heavy (non-hydrogen) atoms. The molecule has 2 unspecified atom stereocenters. The minimum atomic E-state index is -3.81. The Balaban J connectivity index is 2.89. The van der Waals surface area contributed by atoms with E-state index in [1.54, 1.807) is 13.8 Å². The summed E-state index contributed by atoms with van der Waals surface area (Å²) in [4.78, 5) is 10.9. The minimum Gasteiger partial charge on any atom is -0.481 e. The van der Waals surface area contributed by atoms with Crippen LogP contribution in [0, 0.1) is 17.2 Å². The van der Waals surface area contributed by atoms with Gasteiger partial charge in [-0.2, -0.15) is 22.7 Å². The van der Waals surface area contributed by atoms with Crippen molar-refractivity contribution in [1.82, 2.24) is 9.03 Å². The van der Waals surface area contributed by atoms with Crippen LogP contribution in [0.1, 0.15) is 32.3 Å². The van der Waals surface area contributed by atoms with Gasteiger partial charge in [-0.1, -0.05) is 37.3 Å². The van der Waals surface area contributed by atoms with Crippen LogP contribution in [0.4, 0.5) is 0 Å². The van der Waals surface area contributed by atoms with E-state index in [1.807, 2.05) is 36.4 Å². The maximum Gasteiger partial charge on any atom is 0.303 e. The van der Waals surface area contributed by atoms with Gasteiger partial charge in [0, 0.05) is 25.6 Å². The first-order valence-electron chi connectivity index (χ1n) is 8.21. The second-order valence-corrected chi connectivity index (χ2v) is 7.62. The molecule has 138 valence electrons. The number of carboxylic acid groups (broad SMARTS) is 1. The molecule has 0 bridgehead atoms. The van der Waals surface area contributed by atoms with Crippen molar-refractivity contribution in [3.8, 4) is 6.07 Å². The second-order valence-electron chi connectivity index (χ2n) is 5.92. The summed E-state index contributed by atoms with van der Waals surface area (Å²) in [6.45, 7) is 3.69. The van der Waals surface area contributed by atoms with Gasteiger partial charge in [-0.3, -0.25) is 4.79 Å². The predicted molar refractivity (Wildman–Crippen MR) is 94.9 cm³/mol. The van der Waals surface area contributed by atoms with Crippen molar-refractivity contribution in [3.63, 3.8) is 0 Å². The van der Waals surface area contributed by atoms with Gasteiger partial charge in [0.15, 0.2) is 0 Å². The average Bonchev–Trinajstić information content (AvgIpc) is 2.57. The Morgan fingerprint density at radius 2 is 2.00 bits per heavy atom. The van der Waals surface area contributed by atoms with Crippen molar-refractivity contribution in [2.45, 2.75) is 39.2 Å². The lowest BCUT2D eigenvalue weighted by Crippen LogP contribution is -2.47. The number of nitrogens with one attached hydrogen (secondary N) is 1. The average molecular weight is 367 g/mol. The van der Waals surface area contributed by atoms with Gasteiger partial charge in [0.1, 0.15) is 0 Å². The third-order valence-electron chi connectivity index (χ3n) is 3.74. The van der Waals surface area contributed by atoms with Gasteiger partial charge in [0.2, 0.25) is 0 Å². The first kappa shape index (κ1) is 21.1. The SMILES string of the molecule is CCN(CC(C)C#N)S(=O)(=O)NC(CCC(=O)O)Cc1ccccc1. The van der Waals surface area contributed by atoms with Gasteiger partial charge in [-0.15, -0.1) is 0 Å². The molecule has 0 spiro atoms. The monoisotopic (exact) mass is 367 g/mol. The van der Waals surface area contributed by atoms with Crippen LogP contribution in [-0.4, -0.2) is 42.9 Å². The molecule has 0 amide bonds. The summed E-state index contributed by atoms with van der Waals surface area (Å²) in [6.07, 6.45) is 0.467. The number of nitriles is 1. The first-order valence-corrected chi connectivity index (χ1v) is 9.65. The fourth-order valence-electron chi connectivity index (χ4n) is 2.43. The van der Waals surface area contributed by atoms with Crippen molar-refractivity contribution in [3.05, 3.63) is 35.9 Å². The van der Waals surface area contributed by atoms with E-state index >= 15 is 0 Å². The quantitative estimate of drug-likeness (QED) is 0.619. The molecule has 0 radical (unpaired) electrons. The van der Waals surface area contributed by atoms with Crippen molar-refractivity contribution in [2.75, 3.05) is 13.1 Å². The van der Waals surface area contributed by atoms with E-state index in [0.29, 0.717) is 6.42 Å². The number of carboxylic acids is 1. The number of rotatable bonds is 11. The van der Waals surface area contributed by atoms with E-state index < -0.39 is 28.1 Å². The molecule has 1 aromatic carbocycles. The summed E-state index contributed by atoms with van der Waals surface area (Å²) in [5, 5.41) is 17.8. The molecule has 0 saturated heterocycles. The molecule has 1 aromatic rings. The van der Waals surface area contributed by atoms with E-state index in [-0.39, 0.29) is 25.9 Å². The largest absolute Gasteiger partial charge is 0.481 e. The van der Waals surface area contributed by atoms with E-state index in [0.717, 1.165) is 5.56 Å². The van der Waals surface area contributed by atoms with Crippen LogP contribution in [0.3, 0.4) is 0 Å². The third kappa shape index (κ3) is 7.65. The highest BCUT2D eigenvalue weighted by Crippen LogP contribution is 2.12. The van der Waals surface area contributed by atoms with Crippen molar-refractivity contribution in [2.24, 2.45) is 5.92 Å². The van der Waals surface area contributed by atoms with Crippen LogP contribution in [0.5, 0.6) is 0 Å². The number of carbonyl (C=O) groups is 1. The fourth-order valence-corrected chi connectivity index (χ4v) is 3.96. The molecule has 0 aliphatic heterocycles. The Hall–Kier alpha value is -1.95. The molecule has 7 nitrogen and oxygen atoms in total. The summed E-state index contributed by atoms with van der Waals surface area (Å²) in [7, 11) is -3.81. The van der Waals surface area contributed by atoms with Gasteiger partial charge in [-0.05, 0) is 25.3 Å². The Bertz CT molecular complexity index is 686. The van der Waals surface area contributed by atoms with Crippen molar-refractivity contribution in [1.29, 1.82) is 5.26 Å². The van der Waals surface area contributed by atoms with Crippen LogP contribution in [0.25, 0.3) is 0 Å². The molecule has 0 fully saturated rings. The fraction of sp³-hybridized carbons (Fsp3) is 0.529. The normalized spacial score (nSPS) is 14.0. The van der Waals surface area contributed by atoms with Gasteiger partial charge in [0.05, 0.1) is 12.0 Å². The Kier molecular flexibility index (Phi) is 8.55. The predicted octanol–water partition coefficient (Wildman–Crippen LogP) is 1.78. The molecular formula is C17H25N3O4S. The first-order chi connectivity index (χ1) is 11.8. The van der Waals surface area contributed by atoms with Crippen LogP contribution in [-0.2, 0) is 21.4 Å². The van der Waals surface area contributed by atoms with Crippen molar-refractivity contribution < 1.29 is 18.3 Å². The maximum atomic E-state index is 12.6. The zero-order valence-corrected chi connectivity index (χ0v) is 15.4. The third-order valence-corrected chi connectivity index (χ3v) is 5.46. The lowest BCUT2D eigenvalue weighted by Gasteiger charge is -2.25. The topological polar surface area (TPSA) is 111 Å². The van der Waals surface area contributed by atoms with Gasteiger partial charge in [0.25, 0.3) is 10.2 Å². The molecular weight excluding hydrogens is 342 g/mol. The van der Waals surface area contributed by atoms with E-state index in [4.69, 9.17) is 10.4 Å². The van der Waals surface area contributed by atoms with Gasteiger partial charge < -0.3 is 5.11 Å². The number of nitrogens with zero attached hydrogens (tertiary/aromatic N) is 2. The smallest absolute Gasteiger partial charge is 0.303 e. The molecule has 2 atom stereocenters. The summed E-state index contributed by atoms with van der Waals surface area (Å²) in [6, 6.07) is 10.8. The van der Waals surface area contributed by atoms with E-state index in [1.165, 1.54) is 4.31 Å². The Labute approximate surface area is 149 Å². The molecule has 8 heteroatoms. The highest BCUT2D eigenvalue weighted by molar-refractivity contribution is 7.87.